The molecule has 1 aromatic carbocycles. The second kappa shape index (κ2) is 7.14. The highest BCUT2D eigenvalue weighted by atomic mass is 79.9. The Labute approximate surface area is 133 Å². The predicted molar refractivity (Wildman–Crippen MR) is 90.8 cm³/mol. The van der Waals surface area contributed by atoms with Gasteiger partial charge in [-0.15, -0.1) is 11.3 Å². The maximum absolute atomic E-state index is 5.76. The first-order valence-corrected chi connectivity index (χ1v) is 8.46. The van der Waals surface area contributed by atoms with Crippen LogP contribution in [0.25, 0.3) is 0 Å². The Balaban J connectivity index is 2.02. The lowest BCUT2D eigenvalue weighted by Gasteiger charge is -2.16. The fourth-order valence-electron chi connectivity index (χ4n) is 1.87. The molecule has 1 heterocycles. The lowest BCUT2D eigenvalue weighted by atomic mass is 10.2. The highest BCUT2D eigenvalue weighted by molar-refractivity contribution is 9.10. The summed E-state index contributed by atoms with van der Waals surface area (Å²) >= 11 is 5.34. The van der Waals surface area contributed by atoms with Gasteiger partial charge in [-0.2, -0.15) is 0 Å². The van der Waals surface area contributed by atoms with E-state index in [-0.39, 0.29) is 6.04 Å². The van der Waals surface area contributed by atoms with Crippen molar-refractivity contribution in [3.8, 4) is 5.75 Å². The molecular formula is C16H20BrNOS. The summed E-state index contributed by atoms with van der Waals surface area (Å²) in [5.41, 5.74) is 1.08. The van der Waals surface area contributed by atoms with Crippen molar-refractivity contribution < 1.29 is 4.74 Å². The third-order valence-electron chi connectivity index (χ3n) is 2.84. The first-order chi connectivity index (χ1) is 9.56. The van der Waals surface area contributed by atoms with Gasteiger partial charge >= 0.3 is 0 Å². The summed E-state index contributed by atoms with van der Waals surface area (Å²) in [6.45, 7) is 7.21. The molecule has 4 heteroatoms. The van der Waals surface area contributed by atoms with Crippen molar-refractivity contribution in [1.82, 2.24) is 0 Å². The normalized spacial score (nSPS) is 12.4. The van der Waals surface area contributed by atoms with E-state index in [1.54, 1.807) is 11.3 Å². The summed E-state index contributed by atoms with van der Waals surface area (Å²) in [6.07, 6.45) is 0. The molecular weight excluding hydrogens is 334 g/mol. The van der Waals surface area contributed by atoms with Gasteiger partial charge in [0.05, 0.1) is 12.6 Å². The lowest BCUT2D eigenvalue weighted by molar-refractivity contribution is 0.271. The molecule has 2 nitrogen and oxygen atoms in total. The van der Waals surface area contributed by atoms with Gasteiger partial charge in [0.15, 0.2) is 0 Å². The summed E-state index contributed by atoms with van der Waals surface area (Å²) < 4.78 is 6.92. The van der Waals surface area contributed by atoms with E-state index in [9.17, 15) is 0 Å². The first-order valence-electron chi connectivity index (χ1n) is 6.78. The van der Waals surface area contributed by atoms with Crippen molar-refractivity contribution in [1.29, 1.82) is 0 Å². The number of thiophene rings is 1. The van der Waals surface area contributed by atoms with E-state index in [2.05, 4.69) is 65.6 Å². The van der Waals surface area contributed by atoms with Crippen LogP contribution in [-0.2, 0) is 0 Å². The number of hydrogen-bond donors (Lipinski definition) is 1. The summed E-state index contributed by atoms with van der Waals surface area (Å²) in [4.78, 5) is 1.30. The molecule has 0 fully saturated rings. The Bertz CT molecular complexity index is 553. The molecule has 0 aliphatic carbocycles. The van der Waals surface area contributed by atoms with Gasteiger partial charge in [-0.25, -0.2) is 0 Å². The molecule has 0 saturated heterocycles. The Morgan fingerprint density at radius 3 is 2.70 bits per heavy atom. The van der Waals surface area contributed by atoms with Gasteiger partial charge in [0.25, 0.3) is 0 Å². The van der Waals surface area contributed by atoms with E-state index < -0.39 is 0 Å². The Morgan fingerprint density at radius 1 is 1.25 bits per heavy atom. The monoisotopic (exact) mass is 353 g/mol. The zero-order valence-corrected chi connectivity index (χ0v) is 14.4. The van der Waals surface area contributed by atoms with Crippen LogP contribution in [0.15, 0.2) is 40.2 Å². The smallest absolute Gasteiger partial charge is 0.121 e. The molecule has 108 valence electrons. The van der Waals surface area contributed by atoms with Gasteiger partial charge in [-0.05, 0) is 52.4 Å². The van der Waals surface area contributed by atoms with Crippen molar-refractivity contribution in [3.05, 3.63) is 45.1 Å². The molecule has 0 saturated carbocycles. The van der Waals surface area contributed by atoms with Crippen molar-refractivity contribution >= 4 is 33.0 Å². The van der Waals surface area contributed by atoms with Gasteiger partial charge in [0.2, 0.25) is 0 Å². The highest BCUT2D eigenvalue weighted by Gasteiger charge is 2.10. The van der Waals surface area contributed by atoms with Crippen LogP contribution in [0.1, 0.15) is 31.7 Å². The number of benzene rings is 1. The molecule has 1 aromatic heterocycles. The summed E-state index contributed by atoms with van der Waals surface area (Å²) in [5, 5.41) is 5.61. The summed E-state index contributed by atoms with van der Waals surface area (Å²) in [7, 11) is 0. The van der Waals surface area contributed by atoms with E-state index in [1.165, 1.54) is 4.88 Å². The van der Waals surface area contributed by atoms with Gasteiger partial charge in [-0.3, -0.25) is 0 Å². The van der Waals surface area contributed by atoms with Crippen LogP contribution in [-0.4, -0.2) is 6.61 Å². The largest absolute Gasteiger partial charge is 0.493 e. The minimum Gasteiger partial charge on any atom is -0.493 e. The van der Waals surface area contributed by atoms with E-state index in [4.69, 9.17) is 4.74 Å². The van der Waals surface area contributed by atoms with Crippen molar-refractivity contribution in [2.45, 2.75) is 26.8 Å². The van der Waals surface area contributed by atoms with Crippen LogP contribution in [0.2, 0.25) is 0 Å². The second-order valence-corrected chi connectivity index (χ2v) is 7.03. The van der Waals surface area contributed by atoms with Gasteiger partial charge < -0.3 is 10.1 Å². The number of rotatable bonds is 6. The van der Waals surface area contributed by atoms with Gasteiger partial charge in [0, 0.05) is 21.1 Å². The highest BCUT2D eigenvalue weighted by Crippen LogP contribution is 2.31. The predicted octanol–water partition coefficient (Wildman–Crippen LogP) is 5.72. The lowest BCUT2D eigenvalue weighted by Crippen LogP contribution is -2.07. The van der Waals surface area contributed by atoms with E-state index in [1.807, 2.05) is 12.1 Å². The average Bonchev–Trinajstić information content (AvgIpc) is 2.83. The quantitative estimate of drug-likeness (QED) is 0.716. The molecule has 1 unspecified atom stereocenters. The number of anilines is 1. The summed E-state index contributed by atoms with van der Waals surface area (Å²) in [6, 6.07) is 10.5. The molecule has 0 spiro atoms. The van der Waals surface area contributed by atoms with Gasteiger partial charge in [0.1, 0.15) is 5.75 Å². The Morgan fingerprint density at radius 2 is 2.05 bits per heavy atom. The van der Waals surface area contributed by atoms with E-state index >= 15 is 0 Å². The fourth-order valence-corrected chi connectivity index (χ4v) is 3.59. The second-order valence-electron chi connectivity index (χ2n) is 5.23. The molecule has 2 rings (SSSR count). The molecule has 1 atom stereocenters. The number of hydrogen-bond acceptors (Lipinski definition) is 3. The standard InChI is InChI=1S/C16H20BrNOS/c1-11(2)10-19-14-6-4-5-13(9-14)18-12(3)16-15(17)7-8-20-16/h4-9,11-12,18H,10H2,1-3H3. The molecule has 0 radical (unpaired) electrons. The molecule has 0 aliphatic heterocycles. The summed E-state index contributed by atoms with van der Waals surface area (Å²) in [5.74, 6) is 1.45. The average molecular weight is 354 g/mol. The topological polar surface area (TPSA) is 21.3 Å². The van der Waals surface area contributed by atoms with Crippen LogP contribution in [0.3, 0.4) is 0 Å². The van der Waals surface area contributed by atoms with Crippen molar-refractivity contribution in [2.24, 2.45) is 5.92 Å². The van der Waals surface area contributed by atoms with Crippen LogP contribution in [0.5, 0.6) is 5.75 Å². The minimum absolute atomic E-state index is 0.268. The minimum atomic E-state index is 0.268. The molecule has 20 heavy (non-hydrogen) atoms. The van der Waals surface area contributed by atoms with Crippen LogP contribution in [0, 0.1) is 5.92 Å². The zero-order valence-electron chi connectivity index (χ0n) is 12.0. The molecule has 2 aromatic rings. The molecule has 0 aliphatic rings. The van der Waals surface area contributed by atoms with Crippen molar-refractivity contribution in [2.75, 3.05) is 11.9 Å². The van der Waals surface area contributed by atoms with Crippen LogP contribution in [0.4, 0.5) is 5.69 Å². The maximum Gasteiger partial charge on any atom is 0.121 e. The van der Waals surface area contributed by atoms with E-state index in [0.29, 0.717) is 5.92 Å². The maximum atomic E-state index is 5.76. The SMILES string of the molecule is CC(C)COc1cccc(NC(C)c2sccc2Br)c1. The number of nitrogens with one attached hydrogen (secondary N) is 1. The molecule has 0 bridgehead atoms. The van der Waals surface area contributed by atoms with Crippen LogP contribution >= 0.6 is 27.3 Å². The fraction of sp³-hybridized carbons (Fsp3) is 0.375. The van der Waals surface area contributed by atoms with E-state index in [0.717, 1.165) is 22.5 Å². The number of ether oxygens (including phenoxy) is 1. The molecule has 0 amide bonds. The Hall–Kier alpha value is -1.00. The molecule has 1 N–H and O–H groups in total. The third-order valence-corrected chi connectivity index (χ3v) is 4.89. The van der Waals surface area contributed by atoms with Crippen molar-refractivity contribution in [3.63, 3.8) is 0 Å². The van der Waals surface area contributed by atoms with Crippen LogP contribution < -0.4 is 10.1 Å². The Kier molecular flexibility index (Phi) is 5.49. The third kappa shape index (κ3) is 4.25. The number of halogens is 1. The first kappa shape index (κ1) is 15.4. The van der Waals surface area contributed by atoms with Gasteiger partial charge in [-0.1, -0.05) is 19.9 Å². The zero-order chi connectivity index (χ0) is 14.5.